The number of aromatic amines is 1. The molecule has 9 heteroatoms. The number of nitrogens with one attached hydrogen (secondary N) is 3. The second kappa shape index (κ2) is 6.19. The van der Waals surface area contributed by atoms with Crippen LogP contribution in [0.4, 0.5) is 14.5 Å². The van der Waals surface area contributed by atoms with Crippen LogP contribution in [0.15, 0.2) is 29.4 Å². The molecule has 0 aliphatic carbocycles. The van der Waals surface area contributed by atoms with Crippen molar-refractivity contribution in [1.29, 1.82) is 0 Å². The van der Waals surface area contributed by atoms with Crippen LogP contribution >= 0.6 is 0 Å². The van der Waals surface area contributed by atoms with Crippen molar-refractivity contribution in [2.24, 2.45) is 0 Å². The van der Waals surface area contributed by atoms with E-state index in [-0.39, 0.29) is 17.8 Å². The van der Waals surface area contributed by atoms with Crippen LogP contribution in [0.2, 0.25) is 0 Å². The number of aromatic nitrogens is 2. The maximum atomic E-state index is 14.3. The van der Waals surface area contributed by atoms with Crippen LogP contribution in [0.25, 0.3) is 0 Å². The van der Waals surface area contributed by atoms with E-state index in [2.05, 4.69) is 20.2 Å². The number of rotatable bonds is 6. The summed E-state index contributed by atoms with van der Waals surface area (Å²) in [6.07, 6.45) is 2.54. The smallest absolute Gasteiger partial charge is 0.264 e. The fourth-order valence-electron chi connectivity index (χ4n) is 1.71. The number of halogens is 2. The first-order chi connectivity index (χ1) is 9.95. The lowest BCUT2D eigenvalue weighted by Gasteiger charge is -2.11. The van der Waals surface area contributed by atoms with E-state index in [9.17, 15) is 17.2 Å². The third-order valence-electron chi connectivity index (χ3n) is 2.74. The minimum atomic E-state index is -4.16. The van der Waals surface area contributed by atoms with E-state index in [0.29, 0.717) is 6.54 Å². The number of sulfonamides is 1. The quantitative estimate of drug-likeness (QED) is 0.755. The van der Waals surface area contributed by atoms with E-state index < -0.39 is 26.6 Å². The Balaban J connectivity index is 2.39. The molecule has 21 heavy (non-hydrogen) atoms. The Hall–Kier alpha value is -2.00. The van der Waals surface area contributed by atoms with Crippen molar-refractivity contribution in [2.75, 3.05) is 11.3 Å². The van der Waals surface area contributed by atoms with Gasteiger partial charge < -0.3 is 5.32 Å². The van der Waals surface area contributed by atoms with Crippen LogP contribution in [0.1, 0.15) is 12.5 Å². The van der Waals surface area contributed by atoms with Gasteiger partial charge in [-0.15, -0.1) is 0 Å². The molecule has 0 saturated heterocycles. The summed E-state index contributed by atoms with van der Waals surface area (Å²) in [5.41, 5.74) is -0.154. The topological polar surface area (TPSA) is 86.9 Å². The number of benzene rings is 1. The molecule has 0 atom stereocenters. The molecule has 0 unspecified atom stereocenters. The zero-order valence-corrected chi connectivity index (χ0v) is 12.0. The van der Waals surface area contributed by atoms with Crippen molar-refractivity contribution in [3.8, 4) is 0 Å². The Morgan fingerprint density at radius 1 is 1.33 bits per heavy atom. The van der Waals surface area contributed by atoms with Gasteiger partial charge in [-0.05, 0) is 18.7 Å². The molecule has 6 nitrogen and oxygen atoms in total. The molecule has 0 bridgehead atoms. The highest BCUT2D eigenvalue weighted by Gasteiger charge is 2.23. The molecular weight excluding hydrogens is 302 g/mol. The Kier molecular flexibility index (Phi) is 4.53. The molecule has 1 heterocycles. The number of H-pyrrole nitrogens is 1. The summed E-state index contributed by atoms with van der Waals surface area (Å²) >= 11 is 0. The van der Waals surface area contributed by atoms with Gasteiger partial charge in [-0.25, -0.2) is 17.2 Å². The minimum absolute atomic E-state index is 0.0940. The van der Waals surface area contributed by atoms with Crippen LogP contribution in [0.3, 0.4) is 0 Å². The monoisotopic (exact) mass is 316 g/mol. The van der Waals surface area contributed by atoms with Gasteiger partial charge in [-0.1, -0.05) is 6.92 Å². The normalized spacial score (nSPS) is 11.6. The lowest BCUT2D eigenvalue weighted by atomic mass is 10.2. The standard InChI is InChI=1S/C12H14F2N4O2S/c1-2-15-7-9-10(13)3-4-11(12(9)14)21(19,20)18-8-5-16-17-6-8/h3-6,15,18H,2,7H2,1H3,(H,16,17). The molecule has 0 radical (unpaired) electrons. The average molecular weight is 316 g/mol. The van der Waals surface area contributed by atoms with Gasteiger partial charge in [-0.3, -0.25) is 9.82 Å². The van der Waals surface area contributed by atoms with Crippen molar-refractivity contribution in [1.82, 2.24) is 15.5 Å². The minimum Gasteiger partial charge on any atom is -0.313 e. The third kappa shape index (κ3) is 3.37. The predicted octanol–water partition coefficient (Wildman–Crippen LogP) is 1.60. The molecule has 3 N–H and O–H groups in total. The number of anilines is 1. The Bertz CT molecular complexity index is 717. The fourth-order valence-corrected chi connectivity index (χ4v) is 2.85. The van der Waals surface area contributed by atoms with Gasteiger partial charge in [0.2, 0.25) is 0 Å². The molecule has 114 valence electrons. The second-order valence-electron chi connectivity index (χ2n) is 4.21. The summed E-state index contributed by atoms with van der Waals surface area (Å²) in [7, 11) is -4.16. The van der Waals surface area contributed by atoms with Gasteiger partial charge >= 0.3 is 0 Å². The highest BCUT2D eigenvalue weighted by molar-refractivity contribution is 7.92. The van der Waals surface area contributed by atoms with Crippen molar-refractivity contribution in [3.05, 3.63) is 41.7 Å². The fraction of sp³-hybridized carbons (Fsp3) is 0.250. The molecule has 0 aliphatic rings. The predicted molar refractivity (Wildman–Crippen MR) is 73.1 cm³/mol. The van der Waals surface area contributed by atoms with Crippen molar-refractivity contribution in [2.45, 2.75) is 18.4 Å². The number of nitrogens with zero attached hydrogens (tertiary/aromatic N) is 1. The molecule has 0 amide bonds. The van der Waals surface area contributed by atoms with Gasteiger partial charge in [-0.2, -0.15) is 5.10 Å². The van der Waals surface area contributed by atoms with E-state index in [1.165, 1.54) is 12.4 Å². The summed E-state index contributed by atoms with van der Waals surface area (Å²) in [6, 6.07) is 1.82. The summed E-state index contributed by atoms with van der Waals surface area (Å²) in [5, 5.41) is 8.77. The first kappa shape index (κ1) is 15.4. The number of hydrogen-bond acceptors (Lipinski definition) is 4. The lowest BCUT2D eigenvalue weighted by molar-refractivity contribution is 0.517. The van der Waals surface area contributed by atoms with Crippen molar-refractivity contribution < 1.29 is 17.2 Å². The zero-order chi connectivity index (χ0) is 15.5. The van der Waals surface area contributed by atoms with Gasteiger partial charge in [0, 0.05) is 18.3 Å². The van der Waals surface area contributed by atoms with Crippen LogP contribution < -0.4 is 10.0 Å². The van der Waals surface area contributed by atoms with Gasteiger partial charge in [0.1, 0.15) is 10.7 Å². The Morgan fingerprint density at radius 2 is 2.10 bits per heavy atom. The third-order valence-corrected chi connectivity index (χ3v) is 4.14. The van der Waals surface area contributed by atoms with E-state index >= 15 is 0 Å². The van der Waals surface area contributed by atoms with Crippen LogP contribution in [-0.2, 0) is 16.6 Å². The van der Waals surface area contributed by atoms with Gasteiger partial charge in [0.05, 0.1) is 11.9 Å². The van der Waals surface area contributed by atoms with Crippen LogP contribution in [0.5, 0.6) is 0 Å². The molecule has 1 aromatic heterocycles. The maximum Gasteiger partial charge on any atom is 0.264 e. The molecule has 2 rings (SSSR count). The van der Waals surface area contributed by atoms with E-state index in [0.717, 1.165) is 12.1 Å². The van der Waals surface area contributed by atoms with Crippen molar-refractivity contribution in [3.63, 3.8) is 0 Å². The SMILES string of the molecule is CCNCc1c(F)ccc(S(=O)(=O)Nc2cn[nH]c2)c1F. The summed E-state index contributed by atoms with van der Waals surface area (Å²) < 4.78 is 54.3. The molecule has 0 aliphatic heterocycles. The molecular formula is C12H14F2N4O2S. The highest BCUT2D eigenvalue weighted by atomic mass is 32.2. The van der Waals surface area contributed by atoms with Crippen LogP contribution in [-0.4, -0.2) is 25.2 Å². The van der Waals surface area contributed by atoms with Gasteiger partial charge in [0.15, 0.2) is 5.82 Å². The molecule has 0 spiro atoms. The summed E-state index contributed by atoms with van der Waals surface area (Å²) in [5.74, 6) is -1.90. The molecule has 0 saturated carbocycles. The molecule has 2 aromatic rings. The first-order valence-corrected chi connectivity index (χ1v) is 7.63. The molecule has 0 fully saturated rings. The first-order valence-electron chi connectivity index (χ1n) is 6.15. The number of hydrogen-bond donors (Lipinski definition) is 3. The van der Waals surface area contributed by atoms with Gasteiger partial charge in [0.25, 0.3) is 10.0 Å². The zero-order valence-electron chi connectivity index (χ0n) is 11.2. The average Bonchev–Trinajstić information content (AvgIpc) is 2.90. The lowest BCUT2D eigenvalue weighted by Crippen LogP contribution is -2.19. The highest BCUT2D eigenvalue weighted by Crippen LogP contribution is 2.23. The second-order valence-corrected chi connectivity index (χ2v) is 5.86. The summed E-state index contributed by atoms with van der Waals surface area (Å²) in [4.78, 5) is -0.613. The van der Waals surface area contributed by atoms with Crippen LogP contribution in [0, 0.1) is 11.6 Å². The van der Waals surface area contributed by atoms with E-state index in [1.54, 1.807) is 6.92 Å². The van der Waals surface area contributed by atoms with E-state index in [1.807, 2.05) is 0 Å². The summed E-state index contributed by atoms with van der Waals surface area (Å²) in [6.45, 7) is 2.18. The Labute approximate surface area is 120 Å². The van der Waals surface area contributed by atoms with Crippen molar-refractivity contribution >= 4 is 15.7 Å². The maximum absolute atomic E-state index is 14.3. The Morgan fingerprint density at radius 3 is 2.71 bits per heavy atom. The largest absolute Gasteiger partial charge is 0.313 e. The van der Waals surface area contributed by atoms with E-state index in [4.69, 9.17) is 0 Å². The molecule has 1 aromatic carbocycles.